The smallest absolute Gasteiger partial charge is 0.161 e. The third kappa shape index (κ3) is 4.66. The van der Waals surface area contributed by atoms with Crippen molar-refractivity contribution in [3.05, 3.63) is 58.6 Å². The highest BCUT2D eigenvalue weighted by atomic mass is 35.5. The summed E-state index contributed by atoms with van der Waals surface area (Å²) in [4.78, 5) is 0. The van der Waals surface area contributed by atoms with Crippen molar-refractivity contribution >= 4 is 11.6 Å². The molecule has 0 aliphatic rings. The zero-order valence-electron chi connectivity index (χ0n) is 12.4. The highest BCUT2D eigenvalue weighted by molar-refractivity contribution is 6.30. The van der Waals surface area contributed by atoms with E-state index in [0.717, 1.165) is 30.2 Å². The average Bonchev–Trinajstić information content (AvgIpc) is 2.51. The van der Waals surface area contributed by atoms with E-state index in [2.05, 4.69) is 12.2 Å². The van der Waals surface area contributed by atoms with Crippen LogP contribution in [0.1, 0.15) is 18.1 Å². The number of nitrogens with one attached hydrogen (secondary N) is 1. The van der Waals surface area contributed by atoms with Crippen molar-refractivity contribution in [2.45, 2.75) is 20.1 Å². The molecule has 0 spiro atoms. The lowest BCUT2D eigenvalue weighted by Crippen LogP contribution is -2.11. The van der Waals surface area contributed by atoms with E-state index in [1.165, 1.54) is 5.56 Å². The minimum absolute atomic E-state index is 0.460. The van der Waals surface area contributed by atoms with Gasteiger partial charge in [0.05, 0.1) is 7.11 Å². The lowest BCUT2D eigenvalue weighted by Gasteiger charge is -2.13. The Kier molecular flexibility index (Phi) is 5.90. The van der Waals surface area contributed by atoms with Crippen LogP contribution in [0.25, 0.3) is 0 Å². The van der Waals surface area contributed by atoms with Gasteiger partial charge in [0, 0.05) is 11.6 Å². The maximum atomic E-state index is 5.98. The van der Waals surface area contributed by atoms with Crippen LogP contribution >= 0.6 is 11.6 Å². The fourth-order valence-corrected chi connectivity index (χ4v) is 2.21. The number of ether oxygens (including phenoxy) is 2. The van der Waals surface area contributed by atoms with E-state index in [1.807, 2.05) is 42.5 Å². The van der Waals surface area contributed by atoms with Gasteiger partial charge in [0.15, 0.2) is 11.5 Å². The van der Waals surface area contributed by atoms with Crippen LogP contribution in [0.2, 0.25) is 5.02 Å². The third-order valence-electron chi connectivity index (χ3n) is 3.09. The summed E-state index contributed by atoms with van der Waals surface area (Å²) in [7, 11) is 1.64. The zero-order chi connectivity index (χ0) is 15.1. The van der Waals surface area contributed by atoms with Gasteiger partial charge in [-0.25, -0.2) is 0 Å². The summed E-state index contributed by atoms with van der Waals surface area (Å²) in [6.07, 6.45) is 0. The lowest BCUT2D eigenvalue weighted by atomic mass is 10.2. The number of halogens is 1. The molecule has 21 heavy (non-hydrogen) atoms. The van der Waals surface area contributed by atoms with Crippen molar-refractivity contribution in [2.75, 3.05) is 13.7 Å². The van der Waals surface area contributed by atoms with Crippen LogP contribution in [0.15, 0.2) is 42.5 Å². The maximum Gasteiger partial charge on any atom is 0.161 e. The van der Waals surface area contributed by atoms with Gasteiger partial charge in [-0.3, -0.25) is 0 Å². The Balaban J connectivity index is 2.09. The minimum Gasteiger partial charge on any atom is -0.493 e. The Bertz CT molecular complexity index is 587. The summed E-state index contributed by atoms with van der Waals surface area (Å²) in [5, 5.41) is 4.01. The quantitative estimate of drug-likeness (QED) is 0.837. The summed E-state index contributed by atoms with van der Waals surface area (Å²) in [5.41, 5.74) is 2.19. The summed E-state index contributed by atoms with van der Waals surface area (Å²) < 4.78 is 11.2. The predicted molar refractivity (Wildman–Crippen MR) is 86.2 cm³/mol. The van der Waals surface area contributed by atoms with Crippen LogP contribution < -0.4 is 14.8 Å². The van der Waals surface area contributed by atoms with Gasteiger partial charge in [-0.15, -0.1) is 0 Å². The first kappa shape index (κ1) is 15.7. The summed E-state index contributed by atoms with van der Waals surface area (Å²) >= 11 is 5.98. The van der Waals surface area contributed by atoms with Crippen molar-refractivity contribution < 1.29 is 9.47 Å². The van der Waals surface area contributed by atoms with E-state index in [4.69, 9.17) is 21.1 Å². The van der Waals surface area contributed by atoms with Crippen molar-refractivity contribution in [3.8, 4) is 11.5 Å². The summed E-state index contributed by atoms with van der Waals surface area (Å²) in [6.45, 7) is 4.29. The molecule has 1 N–H and O–H groups in total. The number of benzene rings is 2. The molecule has 0 saturated heterocycles. The van der Waals surface area contributed by atoms with E-state index in [0.29, 0.717) is 11.6 Å². The molecule has 0 saturated carbocycles. The number of hydrogen-bond acceptors (Lipinski definition) is 3. The van der Waals surface area contributed by atoms with Gasteiger partial charge in [0.25, 0.3) is 0 Å². The monoisotopic (exact) mass is 305 g/mol. The van der Waals surface area contributed by atoms with Crippen molar-refractivity contribution in [1.82, 2.24) is 5.32 Å². The van der Waals surface area contributed by atoms with Gasteiger partial charge in [0.2, 0.25) is 0 Å². The first-order chi connectivity index (χ1) is 10.2. The molecular weight excluding hydrogens is 286 g/mol. The van der Waals surface area contributed by atoms with Crippen LogP contribution in [-0.2, 0) is 13.2 Å². The molecule has 2 aromatic carbocycles. The molecule has 0 fully saturated rings. The fraction of sp³-hybridized carbons (Fsp3) is 0.294. The van der Waals surface area contributed by atoms with E-state index < -0.39 is 0 Å². The van der Waals surface area contributed by atoms with Crippen LogP contribution in [-0.4, -0.2) is 13.7 Å². The molecule has 0 radical (unpaired) electrons. The Morgan fingerprint density at radius 2 is 1.90 bits per heavy atom. The second-order valence-electron chi connectivity index (χ2n) is 4.68. The normalized spacial score (nSPS) is 10.4. The molecule has 4 heteroatoms. The van der Waals surface area contributed by atoms with Gasteiger partial charge in [-0.05, 0) is 41.9 Å². The number of hydrogen-bond donors (Lipinski definition) is 1. The van der Waals surface area contributed by atoms with Crippen molar-refractivity contribution in [3.63, 3.8) is 0 Å². The molecule has 2 rings (SSSR count). The molecule has 0 amide bonds. The van der Waals surface area contributed by atoms with Crippen molar-refractivity contribution in [1.29, 1.82) is 0 Å². The van der Waals surface area contributed by atoms with E-state index in [9.17, 15) is 0 Å². The number of rotatable bonds is 7. The van der Waals surface area contributed by atoms with Crippen LogP contribution in [0.4, 0.5) is 0 Å². The van der Waals surface area contributed by atoms with Gasteiger partial charge in [-0.1, -0.05) is 36.7 Å². The molecular formula is C17H20ClNO2. The molecule has 3 nitrogen and oxygen atoms in total. The van der Waals surface area contributed by atoms with Gasteiger partial charge in [-0.2, -0.15) is 0 Å². The van der Waals surface area contributed by atoms with Gasteiger partial charge >= 0.3 is 0 Å². The molecule has 0 atom stereocenters. The Morgan fingerprint density at radius 1 is 1.05 bits per heavy atom. The molecule has 0 aliphatic carbocycles. The second kappa shape index (κ2) is 7.91. The summed E-state index contributed by atoms with van der Waals surface area (Å²) in [6, 6.07) is 13.6. The van der Waals surface area contributed by atoms with Gasteiger partial charge in [0.1, 0.15) is 6.61 Å². The third-order valence-corrected chi connectivity index (χ3v) is 3.33. The Labute approximate surface area is 130 Å². The van der Waals surface area contributed by atoms with E-state index >= 15 is 0 Å². The average molecular weight is 306 g/mol. The molecule has 0 aromatic heterocycles. The molecule has 0 unspecified atom stereocenters. The highest BCUT2D eigenvalue weighted by Gasteiger charge is 2.06. The van der Waals surface area contributed by atoms with Crippen LogP contribution in [0.5, 0.6) is 11.5 Å². The summed E-state index contributed by atoms with van der Waals surface area (Å²) in [5.74, 6) is 1.48. The van der Waals surface area contributed by atoms with Crippen molar-refractivity contribution in [2.24, 2.45) is 0 Å². The topological polar surface area (TPSA) is 30.5 Å². The van der Waals surface area contributed by atoms with E-state index in [-0.39, 0.29) is 0 Å². The van der Waals surface area contributed by atoms with Crippen LogP contribution in [0.3, 0.4) is 0 Å². The molecule has 0 bridgehead atoms. The molecule has 112 valence electrons. The number of methoxy groups -OCH3 is 1. The molecule has 2 aromatic rings. The highest BCUT2D eigenvalue weighted by Crippen LogP contribution is 2.29. The predicted octanol–water partition coefficient (Wildman–Crippen LogP) is 4.04. The first-order valence-electron chi connectivity index (χ1n) is 6.97. The molecule has 0 aliphatic heterocycles. The van der Waals surface area contributed by atoms with E-state index in [1.54, 1.807) is 7.11 Å². The lowest BCUT2D eigenvalue weighted by molar-refractivity contribution is 0.284. The Hall–Kier alpha value is -1.71. The molecule has 0 heterocycles. The SMILES string of the molecule is CCNCc1ccc(OC)c(OCc2cccc(Cl)c2)c1. The maximum absolute atomic E-state index is 5.98. The first-order valence-corrected chi connectivity index (χ1v) is 7.35. The largest absolute Gasteiger partial charge is 0.493 e. The Morgan fingerprint density at radius 3 is 2.62 bits per heavy atom. The zero-order valence-corrected chi connectivity index (χ0v) is 13.1. The standard InChI is InChI=1S/C17H20ClNO2/c1-3-19-11-13-7-8-16(20-2)17(10-13)21-12-14-5-4-6-15(18)9-14/h4-10,19H,3,11-12H2,1-2H3. The second-order valence-corrected chi connectivity index (χ2v) is 5.12. The van der Waals surface area contributed by atoms with Crippen LogP contribution in [0, 0.1) is 0 Å². The fourth-order valence-electron chi connectivity index (χ4n) is 2.00. The minimum atomic E-state index is 0.460. The van der Waals surface area contributed by atoms with Gasteiger partial charge < -0.3 is 14.8 Å².